The quantitative estimate of drug-likeness (QED) is 0.301. The van der Waals surface area contributed by atoms with Gasteiger partial charge in [-0.3, -0.25) is 19.3 Å². The van der Waals surface area contributed by atoms with Crippen LogP contribution in [0, 0.1) is 13.8 Å². The summed E-state index contributed by atoms with van der Waals surface area (Å²) in [5.41, 5.74) is 3.56. The van der Waals surface area contributed by atoms with Crippen LogP contribution in [0.2, 0.25) is 5.02 Å². The van der Waals surface area contributed by atoms with E-state index in [-0.39, 0.29) is 17.6 Å². The van der Waals surface area contributed by atoms with E-state index in [9.17, 15) is 4.79 Å². The van der Waals surface area contributed by atoms with Crippen LogP contribution < -0.4 is 10.3 Å². The molecular formula is C26H25BrClN5O2. The SMILES string of the molecule is Cc1cccc(COc2cc(C)n(-c3cc(-c4ccnc(C(C)(C)C)n4)ncc3Cl)c(=O)c2Br)n1. The highest BCUT2D eigenvalue weighted by atomic mass is 79.9. The van der Waals surface area contributed by atoms with Crippen molar-refractivity contribution in [2.45, 2.75) is 46.6 Å². The monoisotopic (exact) mass is 553 g/mol. The molecule has 0 saturated heterocycles. The van der Waals surface area contributed by atoms with Gasteiger partial charge in [-0.05, 0) is 54.0 Å². The third kappa shape index (κ3) is 5.44. The highest BCUT2D eigenvalue weighted by Gasteiger charge is 2.20. The Labute approximate surface area is 217 Å². The van der Waals surface area contributed by atoms with Gasteiger partial charge in [0.25, 0.3) is 5.56 Å². The third-order valence-electron chi connectivity index (χ3n) is 5.29. The molecule has 0 N–H and O–H groups in total. The van der Waals surface area contributed by atoms with Crippen molar-refractivity contribution in [1.82, 2.24) is 24.5 Å². The second-order valence-corrected chi connectivity index (χ2v) is 10.4. The van der Waals surface area contributed by atoms with Crippen LogP contribution in [0.4, 0.5) is 0 Å². The molecule has 0 unspecified atom stereocenters. The summed E-state index contributed by atoms with van der Waals surface area (Å²) in [5.74, 6) is 1.14. The highest BCUT2D eigenvalue weighted by molar-refractivity contribution is 9.10. The Balaban J connectivity index is 1.72. The Morgan fingerprint density at radius 1 is 1.06 bits per heavy atom. The average molecular weight is 555 g/mol. The molecule has 180 valence electrons. The first-order valence-corrected chi connectivity index (χ1v) is 12.2. The van der Waals surface area contributed by atoms with Crippen LogP contribution >= 0.6 is 27.5 Å². The predicted octanol–water partition coefficient (Wildman–Crippen LogP) is 5.99. The van der Waals surface area contributed by atoms with E-state index in [1.54, 1.807) is 24.4 Å². The van der Waals surface area contributed by atoms with E-state index < -0.39 is 0 Å². The molecule has 35 heavy (non-hydrogen) atoms. The molecule has 0 bridgehead atoms. The molecule has 0 aliphatic heterocycles. The molecule has 0 amide bonds. The number of ether oxygens (including phenoxy) is 1. The third-order valence-corrected chi connectivity index (χ3v) is 6.31. The Bertz CT molecular complexity index is 1460. The van der Waals surface area contributed by atoms with Gasteiger partial charge in [0.2, 0.25) is 0 Å². The Kier molecular flexibility index (Phi) is 7.05. The lowest BCUT2D eigenvalue weighted by Gasteiger charge is -2.18. The standard InChI is InChI=1S/C26H25BrClN5O2/c1-15-7-6-8-17(31-15)14-35-22-11-16(2)33(24(34)23(22)27)21-12-20(30-13-18(21)28)19-9-10-29-25(32-19)26(3,4)5/h6-13H,14H2,1-5H3. The van der Waals surface area contributed by atoms with Gasteiger partial charge in [-0.25, -0.2) is 9.97 Å². The number of aromatic nitrogens is 5. The molecule has 0 radical (unpaired) electrons. The number of hydrogen-bond acceptors (Lipinski definition) is 6. The smallest absolute Gasteiger partial charge is 0.273 e. The summed E-state index contributed by atoms with van der Waals surface area (Å²) in [6.45, 7) is 10.1. The molecule has 0 aromatic carbocycles. The van der Waals surface area contributed by atoms with Crippen LogP contribution in [0.3, 0.4) is 0 Å². The highest BCUT2D eigenvalue weighted by Crippen LogP contribution is 2.29. The Morgan fingerprint density at radius 3 is 2.54 bits per heavy atom. The molecule has 0 spiro atoms. The van der Waals surface area contributed by atoms with Crippen molar-refractivity contribution in [3.05, 3.63) is 91.5 Å². The molecule has 0 saturated carbocycles. The first-order chi connectivity index (χ1) is 16.5. The van der Waals surface area contributed by atoms with Crippen molar-refractivity contribution in [1.29, 1.82) is 0 Å². The van der Waals surface area contributed by atoms with Crippen LogP contribution in [-0.2, 0) is 12.0 Å². The first-order valence-electron chi connectivity index (χ1n) is 11.0. The van der Waals surface area contributed by atoms with E-state index in [0.717, 1.165) is 11.4 Å². The van der Waals surface area contributed by atoms with Gasteiger partial charge in [-0.2, -0.15) is 0 Å². The maximum Gasteiger partial charge on any atom is 0.273 e. The van der Waals surface area contributed by atoms with Gasteiger partial charge in [-0.15, -0.1) is 0 Å². The number of hydrogen-bond donors (Lipinski definition) is 0. The molecule has 7 nitrogen and oxygen atoms in total. The average Bonchev–Trinajstić information content (AvgIpc) is 2.81. The van der Waals surface area contributed by atoms with E-state index in [0.29, 0.717) is 43.8 Å². The summed E-state index contributed by atoms with van der Waals surface area (Å²) in [6.07, 6.45) is 3.24. The zero-order chi connectivity index (χ0) is 25.3. The van der Waals surface area contributed by atoms with Gasteiger partial charge >= 0.3 is 0 Å². The molecular weight excluding hydrogens is 530 g/mol. The van der Waals surface area contributed by atoms with E-state index in [4.69, 9.17) is 16.3 Å². The van der Waals surface area contributed by atoms with Crippen molar-refractivity contribution >= 4 is 27.5 Å². The van der Waals surface area contributed by atoms with Crippen molar-refractivity contribution in [2.24, 2.45) is 0 Å². The van der Waals surface area contributed by atoms with Crippen LogP contribution in [0.25, 0.3) is 17.1 Å². The van der Waals surface area contributed by atoms with Gasteiger partial charge in [0.05, 0.1) is 27.8 Å². The topological polar surface area (TPSA) is 82.8 Å². The van der Waals surface area contributed by atoms with Crippen LogP contribution in [0.5, 0.6) is 5.75 Å². The molecule has 4 aromatic heterocycles. The second-order valence-electron chi connectivity index (χ2n) is 9.20. The van der Waals surface area contributed by atoms with E-state index in [1.165, 1.54) is 10.8 Å². The summed E-state index contributed by atoms with van der Waals surface area (Å²) in [7, 11) is 0. The number of halogens is 2. The van der Waals surface area contributed by atoms with Gasteiger partial charge in [0.15, 0.2) is 0 Å². The van der Waals surface area contributed by atoms with Gasteiger partial charge in [0, 0.05) is 35.3 Å². The maximum atomic E-state index is 13.4. The summed E-state index contributed by atoms with van der Waals surface area (Å²) < 4.78 is 7.74. The van der Waals surface area contributed by atoms with E-state index >= 15 is 0 Å². The van der Waals surface area contributed by atoms with Crippen molar-refractivity contribution in [3.63, 3.8) is 0 Å². The van der Waals surface area contributed by atoms with Crippen molar-refractivity contribution in [2.75, 3.05) is 0 Å². The zero-order valence-corrected chi connectivity index (χ0v) is 22.5. The summed E-state index contributed by atoms with van der Waals surface area (Å²) in [4.78, 5) is 31.3. The minimum Gasteiger partial charge on any atom is -0.486 e. The largest absolute Gasteiger partial charge is 0.486 e. The zero-order valence-electron chi connectivity index (χ0n) is 20.1. The first kappa shape index (κ1) is 25.0. The molecule has 4 rings (SSSR count). The lowest BCUT2D eigenvalue weighted by atomic mass is 9.95. The van der Waals surface area contributed by atoms with Crippen LogP contribution in [0.1, 0.15) is 43.7 Å². The fourth-order valence-corrected chi connectivity index (χ4v) is 4.11. The van der Waals surface area contributed by atoms with E-state index in [2.05, 4.69) is 35.9 Å². The Hall–Kier alpha value is -3.10. The molecule has 0 fully saturated rings. The Morgan fingerprint density at radius 2 is 1.83 bits per heavy atom. The van der Waals surface area contributed by atoms with Gasteiger partial charge < -0.3 is 4.74 Å². The van der Waals surface area contributed by atoms with Crippen molar-refractivity contribution < 1.29 is 4.74 Å². The fourth-order valence-electron chi connectivity index (χ4n) is 3.52. The number of nitrogens with zero attached hydrogens (tertiary/aromatic N) is 5. The summed E-state index contributed by atoms with van der Waals surface area (Å²) in [6, 6.07) is 11.1. The molecule has 9 heteroatoms. The van der Waals surface area contributed by atoms with Crippen LogP contribution in [0.15, 0.2) is 58.1 Å². The minimum atomic E-state index is -0.297. The van der Waals surface area contributed by atoms with Crippen LogP contribution in [-0.4, -0.2) is 24.5 Å². The summed E-state index contributed by atoms with van der Waals surface area (Å²) >= 11 is 9.92. The molecule has 4 aromatic rings. The second kappa shape index (κ2) is 9.87. The fraction of sp³-hybridized carbons (Fsp3) is 0.269. The van der Waals surface area contributed by atoms with Gasteiger partial charge in [-0.1, -0.05) is 38.4 Å². The molecule has 4 heterocycles. The predicted molar refractivity (Wildman–Crippen MR) is 140 cm³/mol. The number of aryl methyl sites for hydroxylation is 2. The lowest BCUT2D eigenvalue weighted by Crippen LogP contribution is -2.22. The maximum absolute atomic E-state index is 13.4. The normalized spacial score (nSPS) is 11.5. The number of rotatable bonds is 5. The molecule has 0 aliphatic carbocycles. The van der Waals surface area contributed by atoms with E-state index in [1.807, 2.05) is 52.8 Å². The minimum absolute atomic E-state index is 0.215. The number of pyridine rings is 3. The van der Waals surface area contributed by atoms with Gasteiger partial charge in [0.1, 0.15) is 22.7 Å². The molecule has 0 atom stereocenters. The summed E-state index contributed by atoms with van der Waals surface area (Å²) in [5, 5.41) is 0.341. The molecule has 0 aliphatic rings. The van der Waals surface area contributed by atoms with Crippen molar-refractivity contribution in [3.8, 4) is 22.8 Å². The lowest BCUT2D eigenvalue weighted by molar-refractivity contribution is 0.298.